The van der Waals surface area contributed by atoms with Crippen molar-refractivity contribution in [2.75, 3.05) is 32.1 Å². The Labute approximate surface area is 164 Å². The molecule has 28 heavy (non-hydrogen) atoms. The van der Waals surface area contributed by atoms with Gasteiger partial charge in [0, 0.05) is 62.7 Å². The lowest BCUT2D eigenvalue weighted by atomic mass is 9.94. The van der Waals surface area contributed by atoms with Crippen molar-refractivity contribution in [3.63, 3.8) is 0 Å². The maximum absolute atomic E-state index is 12.7. The minimum Gasteiger partial charge on any atom is -0.347 e. The van der Waals surface area contributed by atoms with E-state index >= 15 is 0 Å². The SMILES string of the molecule is CCn1nc(-c2ccc(C(=O)N3CC(c4ccccn4)C3)cc2)nc1N(C)C. The Morgan fingerprint density at radius 1 is 1.14 bits per heavy atom. The maximum atomic E-state index is 12.7. The first-order valence-corrected chi connectivity index (χ1v) is 9.49. The van der Waals surface area contributed by atoms with Crippen molar-refractivity contribution in [2.24, 2.45) is 0 Å². The summed E-state index contributed by atoms with van der Waals surface area (Å²) in [6.45, 7) is 4.22. The van der Waals surface area contributed by atoms with E-state index in [1.54, 1.807) is 6.20 Å². The van der Waals surface area contributed by atoms with E-state index in [1.165, 1.54) is 0 Å². The molecule has 3 heterocycles. The third-order valence-electron chi connectivity index (χ3n) is 5.02. The number of amides is 1. The molecule has 0 radical (unpaired) electrons. The molecule has 0 spiro atoms. The molecule has 4 rings (SSSR count). The van der Waals surface area contributed by atoms with Gasteiger partial charge in [0.05, 0.1) is 0 Å². The lowest BCUT2D eigenvalue weighted by Gasteiger charge is -2.39. The highest BCUT2D eigenvalue weighted by atomic mass is 16.2. The molecule has 0 atom stereocenters. The largest absolute Gasteiger partial charge is 0.347 e. The van der Waals surface area contributed by atoms with Gasteiger partial charge in [0.15, 0.2) is 5.82 Å². The summed E-state index contributed by atoms with van der Waals surface area (Å²) in [5.41, 5.74) is 2.64. The van der Waals surface area contributed by atoms with Crippen LogP contribution >= 0.6 is 0 Å². The molecule has 0 unspecified atom stereocenters. The Bertz CT molecular complexity index is 958. The summed E-state index contributed by atoms with van der Waals surface area (Å²) >= 11 is 0. The van der Waals surface area contributed by atoms with Gasteiger partial charge in [-0.15, -0.1) is 5.10 Å². The molecule has 0 bridgehead atoms. The summed E-state index contributed by atoms with van der Waals surface area (Å²) in [4.78, 5) is 25.5. The number of anilines is 1. The average molecular weight is 376 g/mol. The van der Waals surface area contributed by atoms with Gasteiger partial charge in [0.1, 0.15) is 0 Å². The highest BCUT2D eigenvalue weighted by Crippen LogP contribution is 2.27. The van der Waals surface area contributed by atoms with Crippen LogP contribution in [-0.4, -0.2) is 57.7 Å². The first kappa shape index (κ1) is 18.2. The van der Waals surface area contributed by atoms with E-state index in [2.05, 4.69) is 15.1 Å². The van der Waals surface area contributed by atoms with Crippen molar-refractivity contribution >= 4 is 11.9 Å². The Balaban J connectivity index is 1.45. The van der Waals surface area contributed by atoms with Gasteiger partial charge in [-0.2, -0.15) is 4.98 Å². The van der Waals surface area contributed by atoms with Crippen LogP contribution in [0.5, 0.6) is 0 Å². The first-order valence-electron chi connectivity index (χ1n) is 9.49. The Kier molecular flexibility index (Phi) is 4.81. The molecule has 3 aromatic rings. The fourth-order valence-corrected chi connectivity index (χ4v) is 3.39. The number of rotatable bonds is 5. The molecule has 7 nitrogen and oxygen atoms in total. The number of hydrogen-bond acceptors (Lipinski definition) is 5. The molecular formula is C21H24N6O. The van der Waals surface area contributed by atoms with Gasteiger partial charge < -0.3 is 9.80 Å². The zero-order valence-corrected chi connectivity index (χ0v) is 16.4. The third-order valence-corrected chi connectivity index (χ3v) is 5.02. The summed E-state index contributed by atoms with van der Waals surface area (Å²) in [6.07, 6.45) is 1.80. The van der Waals surface area contributed by atoms with Crippen LogP contribution in [0.2, 0.25) is 0 Å². The number of benzene rings is 1. The molecule has 0 aliphatic carbocycles. The van der Waals surface area contributed by atoms with Crippen LogP contribution in [0, 0.1) is 0 Å². The fraction of sp³-hybridized carbons (Fsp3) is 0.333. The molecular weight excluding hydrogens is 352 g/mol. The normalized spacial score (nSPS) is 14.0. The van der Waals surface area contributed by atoms with E-state index in [1.807, 2.05) is 78.0 Å². The summed E-state index contributed by atoms with van der Waals surface area (Å²) in [7, 11) is 3.90. The van der Waals surface area contributed by atoms with Crippen LogP contribution < -0.4 is 4.90 Å². The average Bonchev–Trinajstić information content (AvgIpc) is 3.12. The molecule has 1 fully saturated rings. The topological polar surface area (TPSA) is 67.2 Å². The Hall–Kier alpha value is -3.22. The van der Waals surface area contributed by atoms with Gasteiger partial charge in [-0.1, -0.05) is 18.2 Å². The summed E-state index contributed by atoms with van der Waals surface area (Å²) in [6, 6.07) is 13.5. The maximum Gasteiger partial charge on any atom is 0.253 e. The third kappa shape index (κ3) is 3.35. The zero-order valence-electron chi connectivity index (χ0n) is 16.4. The number of carbonyl (C=O) groups is 1. The number of likely N-dealkylation sites (tertiary alicyclic amines) is 1. The standard InChI is InChI=1S/C21H24N6O/c1-4-27-21(25(2)3)23-19(24-27)15-8-10-16(11-9-15)20(28)26-13-17(14-26)18-7-5-6-12-22-18/h5-12,17H,4,13-14H2,1-3H3. The quantitative estimate of drug-likeness (QED) is 0.685. The van der Waals surface area contributed by atoms with Crippen LogP contribution in [0.4, 0.5) is 5.95 Å². The first-order chi connectivity index (χ1) is 13.6. The summed E-state index contributed by atoms with van der Waals surface area (Å²) in [5, 5.41) is 4.56. The van der Waals surface area contributed by atoms with Crippen LogP contribution in [0.15, 0.2) is 48.7 Å². The monoisotopic (exact) mass is 376 g/mol. The van der Waals surface area contributed by atoms with E-state index in [0.717, 1.165) is 23.8 Å². The van der Waals surface area contributed by atoms with Gasteiger partial charge in [-0.25, -0.2) is 4.68 Å². The Morgan fingerprint density at radius 2 is 1.89 bits per heavy atom. The number of nitrogens with zero attached hydrogens (tertiary/aromatic N) is 6. The minimum atomic E-state index is 0.0553. The molecule has 1 saturated heterocycles. The van der Waals surface area contributed by atoms with Crippen LogP contribution in [0.3, 0.4) is 0 Å². The smallest absolute Gasteiger partial charge is 0.253 e. The molecule has 1 aromatic carbocycles. The molecule has 0 saturated carbocycles. The number of pyridine rings is 1. The molecule has 1 amide bonds. The van der Waals surface area contributed by atoms with Crippen LogP contribution in [0.25, 0.3) is 11.4 Å². The minimum absolute atomic E-state index is 0.0553. The molecule has 144 valence electrons. The van der Waals surface area contributed by atoms with Gasteiger partial charge >= 0.3 is 0 Å². The summed E-state index contributed by atoms with van der Waals surface area (Å²) in [5.74, 6) is 1.87. The number of aromatic nitrogens is 4. The van der Waals surface area contributed by atoms with Crippen molar-refractivity contribution in [1.29, 1.82) is 0 Å². The van der Waals surface area contributed by atoms with Crippen molar-refractivity contribution in [2.45, 2.75) is 19.4 Å². The molecule has 0 N–H and O–H groups in total. The highest BCUT2D eigenvalue weighted by molar-refractivity contribution is 5.95. The predicted molar refractivity (Wildman–Crippen MR) is 108 cm³/mol. The molecule has 1 aliphatic heterocycles. The van der Waals surface area contributed by atoms with E-state index in [0.29, 0.717) is 30.4 Å². The second kappa shape index (κ2) is 7.42. The number of hydrogen-bond donors (Lipinski definition) is 0. The van der Waals surface area contributed by atoms with Crippen LogP contribution in [-0.2, 0) is 6.54 Å². The lowest BCUT2D eigenvalue weighted by Crippen LogP contribution is -2.48. The van der Waals surface area contributed by atoms with E-state index < -0.39 is 0 Å². The van der Waals surface area contributed by atoms with E-state index in [4.69, 9.17) is 0 Å². The number of carbonyl (C=O) groups excluding carboxylic acids is 1. The summed E-state index contributed by atoms with van der Waals surface area (Å²) < 4.78 is 1.87. The lowest BCUT2D eigenvalue weighted by molar-refractivity contribution is 0.0599. The fourth-order valence-electron chi connectivity index (χ4n) is 3.39. The van der Waals surface area contributed by atoms with Crippen molar-refractivity contribution in [3.05, 3.63) is 59.9 Å². The predicted octanol–water partition coefficient (Wildman–Crippen LogP) is 2.67. The van der Waals surface area contributed by atoms with Crippen molar-refractivity contribution in [3.8, 4) is 11.4 Å². The molecule has 2 aromatic heterocycles. The zero-order chi connectivity index (χ0) is 19.7. The van der Waals surface area contributed by atoms with E-state index in [-0.39, 0.29) is 5.91 Å². The molecule has 1 aliphatic rings. The van der Waals surface area contributed by atoms with E-state index in [9.17, 15) is 4.79 Å². The van der Waals surface area contributed by atoms with Crippen molar-refractivity contribution < 1.29 is 4.79 Å². The Morgan fingerprint density at radius 3 is 2.46 bits per heavy atom. The second-order valence-electron chi connectivity index (χ2n) is 7.18. The number of aryl methyl sites for hydroxylation is 1. The van der Waals surface area contributed by atoms with Gasteiger partial charge in [0.25, 0.3) is 5.91 Å². The van der Waals surface area contributed by atoms with Gasteiger partial charge in [-0.3, -0.25) is 9.78 Å². The van der Waals surface area contributed by atoms with Crippen LogP contribution in [0.1, 0.15) is 28.9 Å². The van der Waals surface area contributed by atoms with Crippen molar-refractivity contribution in [1.82, 2.24) is 24.6 Å². The molecule has 7 heteroatoms. The van der Waals surface area contributed by atoms with Gasteiger partial charge in [0.2, 0.25) is 5.95 Å². The highest BCUT2D eigenvalue weighted by Gasteiger charge is 2.32. The second-order valence-corrected chi connectivity index (χ2v) is 7.18. The van der Waals surface area contributed by atoms with Gasteiger partial charge in [-0.05, 0) is 31.2 Å².